The summed E-state index contributed by atoms with van der Waals surface area (Å²) in [5.41, 5.74) is 1.18. The van der Waals surface area contributed by atoms with Gasteiger partial charge in [-0.25, -0.2) is 9.97 Å². The van der Waals surface area contributed by atoms with Crippen molar-refractivity contribution in [2.75, 3.05) is 5.32 Å². The number of thiazole rings is 1. The first-order valence-electron chi connectivity index (χ1n) is 8.58. The molecule has 29 heavy (non-hydrogen) atoms. The summed E-state index contributed by atoms with van der Waals surface area (Å²) in [6.07, 6.45) is 0.304. The van der Waals surface area contributed by atoms with E-state index in [1.165, 1.54) is 16.0 Å². The average molecular weight is 435 g/mol. The van der Waals surface area contributed by atoms with Crippen LogP contribution >= 0.6 is 22.9 Å². The molecule has 0 bridgehead atoms. The molecule has 0 saturated heterocycles. The van der Waals surface area contributed by atoms with Crippen molar-refractivity contribution in [3.05, 3.63) is 45.4 Å². The summed E-state index contributed by atoms with van der Waals surface area (Å²) in [6.45, 7) is 7.17. The van der Waals surface area contributed by atoms with Gasteiger partial charge in [-0.1, -0.05) is 37.5 Å². The van der Waals surface area contributed by atoms with Crippen molar-refractivity contribution in [1.82, 2.24) is 30.2 Å². The number of rotatable bonds is 4. The van der Waals surface area contributed by atoms with Gasteiger partial charge in [-0.3, -0.25) is 4.79 Å². The smallest absolute Gasteiger partial charge is 0.231 e. The molecule has 0 fully saturated rings. The number of nitrogens with zero attached hydrogens (tertiary/aromatic N) is 7. The second-order valence-electron chi connectivity index (χ2n) is 7.21. The highest BCUT2D eigenvalue weighted by Crippen LogP contribution is 2.23. The molecule has 0 unspecified atom stereocenters. The van der Waals surface area contributed by atoms with E-state index in [0.717, 1.165) is 0 Å². The SMILES string of the molecule is Cc1nnnn1C(=NO)c1ccc(Cl)nc1Cc1csc(NC(=O)C(C)(C)C)n1. The van der Waals surface area contributed by atoms with Crippen LogP contribution in [0.15, 0.2) is 22.7 Å². The van der Waals surface area contributed by atoms with Crippen molar-refractivity contribution in [2.45, 2.75) is 34.1 Å². The maximum Gasteiger partial charge on any atom is 0.231 e. The lowest BCUT2D eigenvalue weighted by Gasteiger charge is -2.15. The third kappa shape index (κ3) is 4.74. The fraction of sp³-hybridized carbons (Fsp3) is 0.353. The van der Waals surface area contributed by atoms with Gasteiger partial charge in [0.1, 0.15) is 5.15 Å². The van der Waals surface area contributed by atoms with Crippen molar-refractivity contribution < 1.29 is 10.0 Å². The Morgan fingerprint density at radius 3 is 2.72 bits per heavy atom. The number of tetrazole rings is 1. The van der Waals surface area contributed by atoms with Crippen LogP contribution in [-0.2, 0) is 11.2 Å². The summed E-state index contributed by atoms with van der Waals surface area (Å²) >= 11 is 7.39. The Bertz CT molecular complexity index is 1070. The lowest BCUT2D eigenvalue weighted by atomic mass is 9.96. The Hall–Kier alpha value is -2.92. The lowest BCUT2D eigenvalue weighted by Crippen LogP contribution is -2.27. The van der Waals surface area contributed by atoms with E-state index in [1.54, 1.807) is 19.1 Å². The van der Waals surface area contributed by atoms with Crippen LogP contribution in [0.2, 0.25) is 5.15 Å². The zero-order valence-corrected chi connectivity index (χ0v) is 17.8. The molecule has 3 aromatic rings. The molecule has 0 aliphatic carbocycles. The number of oxime groups is 1. The van der Waals surface area contributed by atoms with E-state index in [-0.39, 0.29) is 16.9 Å². The van der Waals surface area contributed by atoms with E-state index in [1.807, 2.05) is 26.2 Å². The number of halogens is 1. The number of nitrogens with one attached hydrogen (secondary N) is 1. The Morgan fingerprint density at radius 1 is 1.34 bits per heavy atom. The van der Waals surface area contributed by atoms with Crippen LogP contribution in [0, 0.1) is 12.3 Å². The van der Waals surface area contributed by atoms with Crippen LogP contribution in [0.3, 0.4) is 0 Å². The molecular formula is C17H19ClN8O2S. The molecule has 10 nitrogen and oxygen atoms in total. The van der Waals surface area contributed by atoms with Gasteiger partial charge in [0.15, 0.2) is 11.0 Å². The predicted octanol–water partition coefficient (Wildman–Crippen LogP) is 2.75. The van der Waals surface area contributed by atoms with Crippen molar-refractivity contribution in [3.63, 3.8) is 0 Å². The maximum atomic E-state index is 12.2. The Balaban J connectivity index is 1.90. The molecular weight excluding hydrogens is 416 g/mol. The van der Waals surface area contributed by atoms with Crippen molar-refractivity contribution in [3.8, 4) is 0 Å². The minimum absolute atomic E-state index is 0.114. The number of carbonyl (C=O) groups is 1. The van der Waals surface area contributed by atoms with Gasteiger partial charge in [0.25, 0.3) is 0 Å². The zero-order valence-electron chi connectivity index (χ0n) is 16.2. The van der Waals surface area contributed by atoms with Crippen LogP contribution in [0.5, 0.6) is 0 Å². The molecule has 3 heterocycles. The highest BCUT2D eigenvalue weighted by molar-refractivity contribution is 7.13. The minimum atomic E-state index is -0.524. The highest BCUT2D eigenvalue weighted by Gasteiger charge is 2.23. The van der Waals surface area contributed by atoms with Crippen molar-refractivity contribution in [2.24, 2.45) is 10.6 Å². The van der Waals surface area contributed by atoms with E-state index in [4.69, 9.17) is 11.6 Å². The summed E-state index contributed by atoms with van der Waals surface area (Å²) in [5, 5.41) is 29.5. The molecule has 1 amide bonds. The lowest BCUT2D eigenvalue weighted by molar-refractivity contribution is -0.123. The topological polar surface area (TPSA) is 131 Å². The van der Waals surface area contributed by atoms with E-state index in [9.17, 15) is 10.0 Å². The van der Waals surface area contributed by atoms with Gasteiger partial charge in [-0.2, -0.15) is 4.68 Å². The minimum Gasteiger partial charge on any atom is -0.409 e. The van der Waals surface area contributed by atoms with E-state index in [0.29, 0.717) is 34.3 Å². The largest absolute Gasteiger partial charge is 0.409 e. The number of pyridine rings is 1. The summed E-state index contributed by atoms with van der Waals surface area (Å²) < 4.78 is 1.30. The van der Waals surface area contributed by atoms with Gasteiger partial charge in [0, 0.05) is 22.8 Å². The average Bonchev–Trinajstić information content (AvgIpc) is 3.26. The molecule has 0 aliphatic rings. The van der Waals surface area contributed by atoms with Gasteiger partial charge >= 0.3 is 0 Å². The first-order chi connectivity index (χ1) is 13.7. The second-order valence-corrected chi connectivity index (χ2v) is 8.46. The molecule has 152 valence electrons. The Morgan fingerprint density at radius 2 is 2.10 bits per heavy atom. The molecule has 0 saturated carbocycles. The molecule has 3 rings (SSSR count). The van der Waals surface area contributed by atoms with Gasteiger partial charge in [-0.15, -0.1) is 16.4 Å². The number of amides is 1. The van der Waals surface area contributed by atoms with Gasteiger partial charge in [0.2, 0.25) is 11.7 Å². The molecule has 12 heteroatoms. The number of carbonyl (C=O) groups excluding carboxylic acids is 1. The first-order valence-corrected chi connectivity index (χ1v) is 9.84. The van der Waals surface area contributed by atoms with Crippen LogP contribution in [-0.4, -0.2) is 47.1 Å². The molecule has 2 N–H and O–H groups in total. The highest BCUT2D eigenvalue weighted by atomic mass is 35.5. The van der Waals surface area contributed by atoms with E-state index >= 15 is 0 Å². The van der Waals surface area contributed by atoms with Gasteiger partial charge in [-0.05, 0) is 29.5 Å². The first kappa shape index (κ1) is 20.8. The third-order valence-corrected chi connectivity index (χ3v) is 4.92. The Labute approximate surface area is 175 Å². The van der Waals surface area contributed by atoms with Crippen LogP contribution < -0.4 is 5.32 Å². The monoisotopic (exact) mass is 434 g/mol. The molecule has 0 atom stereocenters. The summed E-state index contributed by atoms with van der Waals surface area (Å²) in [5.74, 6) is 0.437. The summed E-state index contributed by atoms with van der Waals surface area (Å²) in [4.78, 5) is 21.0. The summed E-state index contributed by atoms with van der Waals surface area (Å²) in [6, 6.07) is 3.26. The third-order valence-electron chi connectivity index (χ3n) is 3.90. The fourth-order valence-electron chi connectivity index (χ4n) is 2.35. The predicted molar refractivity (Wildman–Crippen MR) is 109 cm³/mol. The quantitative estimate of drug-likeness (QED) is 0.212. The fourth-order valence-corrected chi connectivity index (χ4v) is 3.22. The van der Waals surface area contributed by atoms with Crippen LogP contribution in [0.4, 0.5) is 5.13 Å². The summed E-state index contributed by atoms with van der Waals surface area (Å²) in [7, 11) is 0. The second kappa shape index (κ2) is 8.21. The number of hydrogen-bond donors (Lipinski definition) is 2. The van der Waals surface area contributed by atoms with Gasteiger partial charge in [0.05, 0.1) is 11.4 Å². The molecule has 0 spiro atoms. The Kier molecular flexibility index (Phi) is 5.89. The van der Waals surface area contributed by atoms with Crippen LogP contribution in [0.1, 0.15) is 43.5 Å². The van der Waals surface area contributed by atoms with Gasteiger partial charge < -0.3 is 10.5 Å². The molecule has 0 aliphatic heterocycles. The van der Waals surface area contributed by atoms with E-state index in [2.05, 4.69) is 36.0 Å². The standard InChI is InChI=1S/C17H19ClN8O2S/c1-9-22-24-25-26(9)14(23-28)11-5-6-13(18)20-12(11)7-10-8-29-16(19-10)21-15(27)17(2,3)4/h5-6,8,28H,7H2,1-4H3,(H,19,21,27). The van der Waals surface area contributed by atoms with Crippen molar-refractivity contribution >= 4 is 39.8 Å². The molecule has 0 radical (unpaired) electrons. The van der Waals surface area contributed by atoms with Crippen LogP contribution in [0.25, 0.3) is 0 Å². The number of aryl methyl sites for hydroxylation is 1. The number of aromatic nitrogens is 6. The normalized spacial score (nSPS) is 12.2. The van der Waals surface area contributed by atoms with Crippen molar-refractivity contribution in [1.29, 1.82) is 0 Å². The molecule has 0 aromatic carbocycles. The number of anilines is 1. The number of hydrogen-bond acceptors (Lipinski definition) is 9. The maximum absolute atomic E-state index is 12.2. The zero-order chi connectivity index (χ0) is 21.2. The van der Waals surface area contributed by atoms with E-state index < -0.39 is 5.41 Å². The molecule has 3 aromatic heterocycles.